The molecule has 1 heterocycles. The third-order valence-corrected chi connectivity index (χ3v) is 2.96. The molecule has 7 heteroatoms. The first-order valence-electron chi connectivity index (χ1n) is 5.30. The van der Waals surface area contributed by atoms with Gasteiger partial charge in [-0.05, 0) is 12.1 Å². The highest BCUT2D eigenvalue weighted by Crippen LogP contribution is 2.22. The lowest BCUT2D eigenvalue weighted by Crippen LogP contribution is -2.08. The summed E-state index contributed by atoms with van der Waals surface area (Å²) in [5.74, 6) is -1.20. The van der Waals surface area contributed by atoms with Gasteiger partial charge in [0, 0.05) is 17.6 Å². The Hall–Kier alpha value is -1.89. The smallest absolute Gasteiger partial charge is 0.339 e. The van der Waals surface area contributed by atoms with Gasteiger partial charge in [0.15, 0.2) is 0 Å². The molecule has 100 valence electrons. The first-order valence-corrected chi connectivity index (χ1v) is 6.09. The zero-order chi connectivity index (χ0) is 14.0. The Balaban J connectivity index is 2.18. The molecule has 19 heavy (non-hydrogen) atoms. The van der Waals surface area contributed by atoms with Gasteiger partial charge in [-0.3, -0.25) is 4.68 Å². The van der Waals surface area contributed by atoms with Crippen LogP contribution in [0.1, 0.15) is 16.1 Å². The summed E-state index contributed by atoms with van der Waals surface area (Å²) >= 11 is 3.15. The highest BCUT2D eigenvalue weighted by atomic mass is 79.9. The van der Waals surface area contributed by atoms with Crippen molar-refractivity contribution in [2.24, 2.45) is 7.05 Å². The Morgan fingerprint density at radius 2 is 2.26 bits per heavy atom. The van der Waals surface area contributed by atoms with E-state index in [-0.39, 0.29) is 12.2 Å². The van der Waals surface area contributed by atoms with E-state index in [1.165, 1.54) is 23.0 Å². The van der Waals surface area contributed by atoms with Crippen LogP contribution in [0.2, 0.25) is 0 Å². The van der Waals surface area contributed by atoms with Crippen molar-refractivity contribution in [2.75, 3.05) is 0 Å². The molecule has 5 nitrogen and oxygen atoms in total. The maximum absolute atomic E-state index is 13.2. The zero-order valence-corrected chi connectivity index (χ0v) is 11.5. The number of carboxylic acids is 1. The highest BCUT2D eigenvalue weighted by molar-refractivity contribution is 9.10. The molecule has 1 N–H and O–H groups in total. The maximum atomic E-state index is 13.2. The van der Waals surface area contributed by atoms with E-state index in [1.54, 1.807) is 13.1 Å². The van der Waals surface area contributed by atoms with Gasteiger partial charge in [-0.15, -0.1) is 0 Å². The molecule has 0 radical (unpaired) electrons. The van der Waals surface area contributed by atoms with E-state index in [0.717, 1.165) is 0 Å². The summed E-state index contributed by atoms with van der Waals surface area (Å²) in [6.07, 6.45) is 1.25. The number of rotatable bonds is 4. The Morgan fingerprint density at radius 1 is 1.53 bits per heavy atom. The van der Waals surface area contributed by atoms with Crippen LogP contribution in [0.4, 0.5) is 4.39 Å². The topological polar surface area (TPSA) is 64.4 Å². The van der Waals surface area contributed by atoms with Crippen LogP contribution in [0.25, 0.3) is 0 Å². The molecule has 2 rings (SSSR count). The second-order valence-corrected chi connectivity index (χ2v) is 4.74. The third kappa shape index (κ3) is 3.11. The number of carbonyl (C=O) groups is 1. The number of aryl methyl sites for hydroxylation is 1. The molecule has 0 fully saturated rings. The molecule has 0 saturated heterocycles. The molecule has 0 spiro atoms. The van der Waals surface area contributed by atoms with E-state index < -0.39 is 11.8 Å². The Labute approximate surface area is 116 Å². The second-order valence-electron chi connectivity index (χ2n) is 3.83. The number of benzene rings is 1. The standard InChI is InChI=1S/C12H10BrFN2O3/c1-16-11(10(5-15-16)12(17)18)6-19-9-3-7(13)2-8(14)4-9/h2-5H,6H2,1H3,(H,17,18). The Morgan fingerprint density at radius 3 is 2.89 bits per heavy atom. The van der Waals surface area contributed by atoms with Crippen LogP contribution >= 0.6 is 15.9 Å². The van der Waals surface area contributed by atoms with Crippen LogP contribution in [0.5, 0.6) is 5.75 Å². The molecule has 1 aromatic heterocycles. The van der Waals surface area contributed by atoms with Gasteiger partial charge in [-0.2, -0.15) is 5.10 Å². The Bertz CT molecular complexity index is 607. The van der Waals surface area contributed by atoms with E-state index in [4.69, 9.17) is 9.84 Å². The van der Waals surface area contributed by atoms with E-state index in [1.807, 2.05) is 0 Å². The number of hydrogen-bond donors (Lipinski definition) is 1. The molecule has 0 amide bonds. The normalized spacial score (nSPS) is 10.5. The number of carboxylic acid groups (broad SMARTS) is 1. The van der Waals surface area contributed by atoms with Crippen LogP contribution < -0.4 is 4.74 Å². The van der Waals surface area contributed by atoms with Crippen molar-refractivity contribution in [3.8, 4) is 5.75 Å². The zero-order valence-electron chi connectivity index (χ0n) is 9.93. The minimum absolute atomic E-state index is 0.00593. The van der Waals surface area contributed by atoms with Gasteiger partial charge in [0.2, 0.25) is 0 Å². The summed E-state index contributed by atoms with van der Waals surface area (Å²) in [7, 11) is 1.62. The highest BCUT2D eigenvalue weighted by Gasteiger charge is 2.15. The summed E-state index contributed by atoms with van der Waals surface area (Å²) in [4.78, 5) is 11.0. The predicted molar refractivity (Wildman–Crippen MR) is 68.6 cm³/mol. The van der Waals surface area contributed by atoms with Crippen LogP contribution in [0.3, 0.4) is 0 Å². The van der Waals surface area contributed by atoms with E-state index in [0.29, 0.717) is 15.9 Å². The van der Waals surface area contributed by atoms with Crippen molar-refractivity contribution in [3.05, 3.63) is 45.9 Å². The van der Waals surface area contributed by atoms with Gasteiger partial charge in [0.05, 0.1) is 11.9 Å². The van der Waals surface area contributed by atoms with Crippen LogP contribution in [0, 0.1) is 5.82 Å². The lowest BCUT2D eigenvalue weighted by atomic mass is 10.2. The van der Waals surface area contributed by atoms with Crippen molar-refractivity contribution in [1.82, 2.24) is 9.78 Å². The first kappa shape index (κ1) is 13.5. The Kier molecular flexibility index (Phi) is 3.84. The lowest BCUT2D eigenvalue weighted by Gasteiger charge is -2.08. The molecule has 1 aromatic carbocycles. The first-order chi connectivity index (χ1) is 8.97. The maximum Gasteiger partial charge on any atom is 0.339 e. The van der Waals surface area contributed by atoms with Gasteiger partial charge in [0.1, 0.15) is 23.7 Å². The predicted octanol–water partition coefficient (Wildman–Crippen LogP) is 2.60. The monoisotopic (exact) mass is 328 g/mol. The quantitative estimate of drug-likeness (QED) is 0.936. The van der Waals surface area contributed by atoms with Gasteiger partial charge >= 0.3 is 5.97 Å². The molecule has 0 aliphatic heterocycles. The third-order valence-electron chi connectivity index (χ3n) is 2.50. The largest absolute Gasteiger partial charge is 0.487 e. The number of aromatic carboxylic acids is 1. The van der Waals surface area contributed by atoms with Gasteiger partial charge in [-0.1, -0.05) is 15.9 Å². The molecule has 0 unspecified atom stereocenters. The van der Waals surface area contributed by atoms with Crippen LogP contribution in [-0.2, 0) is 13.7 Å². The average molecular weight is 329 g/mol. The van der Waals surface area contributed by atoms with Crippen LogP contribution in [0.15, 0.2) is 28.9 Å². The molecule has 0 atom stereocenters. The van der Waals surface area contributed by atoms with Gasteiger partial charge < -0.3 is 9.84 Å². The molecule has 2 aromatic rings. The lowest BCUT2D eigenvalue weighted by molar-refractivity contribution is 0.0693. The molecular formula is C12H10BrFN2O3. The summed E-state index contributed by atoms with van der Waals surface area (Å²) in [6, 6.07) is 4.13. The number of halogens is 2. The summed E-state index contributed by atoms with van der Waals surface area (Å²) in [5, 5.41) is 12.8. The summed E-state index contributed by atoms with van der Waals surface area (Å²) < 4.78 is 20.5. The van der Waals surface area contributed by atoms with Crippen molar-refractivity contribution in [3.63, 3.8) is 0 Å². The number of nitrogens with zero attached hydrogens (tertiary/aromatic N) is 2. The van der Waals surface area contributed by atoms with Crippen molar-refractivity contribution >= 4 is 21.9 Å². The minimum Gasteiger partial charge on any atom is -0.487 e. The van der Waals surface area contributed by atoms with E-state index in [2.05, 4.69) is 21.0 Å². The van der Waals surface area contributed by atoms with Crippen molar-refractivity contribution < 1.29 is 19.0 Å². The van der Waals surface area contributed by atoms with E-state index >= 15 is 0 Å². The SMILES string of the molecule is Cn1ncc(C(=O)O)c1COc1cc(F)cc(Br)c1. The van der Waals surface area contributed by atoms with Gasteiger partial charge in [-0.25, -0.2) is 9.18 Å². The summed E-state index contributed by atoms with van der Waals surface area (Å²) in [5.41, 5.74) is 0.478. The fourth-order valence-electron chi connectivity index (χ4n) is 1.58. The molecule has 0 bridgehead atoms. The molecule has 0 aliphatic rings. The number of aromatic nitrogens is 2. The molecule has 0 aliphatic carbocycles. The van der Waals surface area contributed by atoms with Crippen LogP contribution in [-0.4, -0.2) is 20.9 Å². The average Bonchev–Trinajstić information content (AvgIpc) is 2.67. The fraction of sp³-hybridized carbons (Fsp3) is 0.167. The van der Waals surface area contributed by atoms with E-state index in [9.17, 15) is 9.18 Å². The van der Waals surface area contributed by atoms with Crippen molar-refractivity contribution in [2.45, 2.75) is 6.61 Å². The van der Waals surface area contributed by atoms with Crippen molar-refractivity contribution in [1.29, 1.82) is 0 Å². The second kappa shape index (κ2) is 5.40. The minimum atomic E-state index is -1.08. The molecular weight excluding hydrogens is 319 g/mol. The number of ether oxygens (including phenoxy) is 1. The van der Waals surface area contributed by atoms with Gasteiger partial charge in [0.25, 0.3) is 0 Å². The summed E-state index contributed by atoms with van der Waals surface area (Å²) in [6.45, 7) is -0.00593. The number of hydrogen-bond acceptors (Lipinski definition) is 3. The molecule has 0 saturated carbocycles. The fourth-order valence-corrected chi connectivity index (χ4v) is 2.02.